The number of imide groups is 1. The Labute approximate surface area is 183 Å². The van der Waals surface area contributed by atoms with Crippen LogP contribution in [0.25, 0.3) is 0 Å². The number of para-hydroxylation sites is 1. The molecule has 0 radical (unpaired) electrons. The maximum absolute atomic E-state index is 13.5. The minimum Gasteiger partial charge on any atom is -0.326 e. The standard InChI is InChI=1S/C26H28N2O3/c1-19-10-8-9-15-22(19)25(30)27(17-16-20-11-4-2-5-12-20)23-18-24(29)28(26(23)31)21-13-6-3-7-14-21/h3,6-11,13-15,23H,2,4-5,12,16-18H2,1H3. The predicted octanol–water partition coefficient (Wildman–Crippen LogP) is 4.66. The van der Waals surface area contributed by atoms with E-state index in [0.717, 1.165) is 24.8 Å². The molecule has 0 saturated carbocycles. The van der Waals surface area contributed by atoms with Gasteiger partial charge < -0.3 is 4.90 Å². The molecule has 1 aliphatic carbocycles. The number of anilines is 1. The van der Waals surface area contributed by atoms with Crippen LogP contribution >= 0.6 is 0 Å². The third-order valence-corrected chi connectivity index (χ3v) is 6.21. The molecule has 2 aromatic rings. The summed E-state index contributed by atoms with van der Waals surface area (Å²) in [5.74, 6) is -0.771. The zero-order valence-electron chi connectivity index (χ0n) is 17.9. The van der Waals surface area contributed by atoms with Crippen LogP contribution in [0.5, 0.6) is 0 Å². The van der Waals surface area contributed by atoms with Gasteiger partial charge in [-0.2, -0.15) is 0 Å². The maximum Gasteiger partial charge on any atom is 0.257 e. The van der Waals surface area contributed by atoms with Gasteiger partial charge in [0.1, 0.15) is 6.04 Å². The van der Waals surface area contributed by atoms with Crippen molar-refractivity contribution in [3.63, 3.8) is 0 Å². The Balaban J connectivity index is 1.62. The average Bonchev–Trinajstić information content (AvgIpc) is 3.09. The van der Waals surface area contributed by atoms with Crippen molar-refractivity contribution in [3.8, 4) is 0 Å². The van der Waals surface area contributed by atoms with Crippen LogP contribution in [0, 0.1) is 6.92 Å². The predicted molar refractivity (Wildman–Crippen MR) is 121 cm³/mol. The highest BCUT2D eigenvalue weighted by Crippen LogP contribution is 2.28. The quantitative estimate of drug-likeness (QED) is 0.508. The fourth-order valence-electron chi connectivity index (χ4n) is 4.47. The Morgan fingerprint density at radius 2 is 1.77 bits per heavy atom. The van der Waals surface area contributed by atoms with E-state index in [2.05, 4.69) is 6.08 Å². The number of carbonyl (C=O) groups is 3. The lowest BCUT2D eigenvalue weighted by atomic mass is 9.96. The van der Waals surface area contributed by atoms with Crippen molar-refractivity contribution in [1.82, 2.24) is 4.90 Å². The lowest BCUT2D eigenvalue weighted by Crippen LogP contribution is -2.46. The van der Waals surface area contributed by atoms with Crippen molar-refractivity contribution in [2.75, 3.05) is 11.4 Å². The number of hydrogen-bond donors (Lipinski definition) is 0. The molecule has 3 amide bonds. The highest BCUT2D eigenvalue weighted by atomic mass is 16.2. The minimum atomic E-state index is -0.774. The first-order valence-corrected chi connectivity index (χ1v) is 11.0. The Hall–Kier alpha value is -3.21. The molecule has 0 N–H and O–H groups in total. The first kappa shape index (κ1) is 21.0. The third-order valence-electron chi connectivity index (χ3n) is 6.21. The number of benzene rings is 2. The molecule has 160 valence electrons. The molecular weight excluding hydrogens is 388 g/mol. The smallest absolute Gasteiger partial charge is 0.257 e. The summed E-state index contributed by atoms with van der Waals surface area (Å²) in [7, 11) is 0. The molecule has 1 aliphatic heterocycles. The topological polar surface area (TPSA) is 57.7 Å². The number of allylic oxidation sites excluding steroid dienone is 1. The molecule has 0 spiro atoms. The Kier molecular flexibility index (Phi) is 6.31. The molecule has 1 heterocycles. The summed E-state index contributed by atoms with van der Waals surface area (Å²) >= 11 is 0. The van der Waals surface area contributed by atoms with Gasteiger partial charge in [-0.05, 0) is 62.8 Å². The van der Waals surface area contributed by atoms with E-state index in [0.29, 0.717) is 17.8 Å². The first-order chi connectivity index (χ1) is 15.1. The van der Waals surface area contributed by atoms with E-state index in [-0.39, 0.29) is 24.1 Å². The van der Waals surface area contributed by atoms with Crippen LogP contribution in [0.3, 0.4) is 0 Å². The SMILES string of the molecule is Cc1ccccc1C(=O)N(CCC1=CCCCC1)C1CC(=O)N(c2ccccc2)C1=O. The molecule has 1 atom stereocenters. The van der Waals surface area contributed by atoms with Crippen LogP contribution in [-0.4, -0.2) is 35.2 Å². The normalized spacial score (nSPS) is 18.8. The molecule has 0 aromatic heterocycles. The van der Waals surface area contributed by atoms with Gasteiger partial charge in [-0.15, -0.1) is 0 Å². The molecule has 1 saturated heterocycles. The third kappa shape index (κ3) is 4.46. The second-order valence-electron chi connectivity index (χ2n) is 8.29. The summed E-state index contributed by atoms with van der Waals surface area (Å²) in [6, 6.07) is 15.6. The molecule has 0 bridgehead atoms. The number of amides is 3. The summed E-state index contributed by atoms with van der Waals surface area (Å²) < 4.78 is 0. The van der Waals surface area contributed by atoms with Gasteiger partial charge in [0, 0.05) is 12.1 Å². The van der Waals surface area contributed by atoms with E-state index in [9.17, 15) is 14.4 Å². The highest BCUT2D eigenvalue weighted by molar-refractivity contribution is 6.23. The minimum absolute atomic E-state index is 0.0183. The Morgan fingerprint density at radius 3 is 2.48 bits per heavy atom. The van der Waals surface area contributed by atoms with Crippen molar-refractivity contribution >= 4 is 23.4 Å². The monoisotopic (exact) mass is 416 g/mol. The summed E-state index contributed by atoms with van der Waals surface area (Å²) in [4.78, 5) is 42.5. The van der Waals surface area contributed by atoms with Crippen molar-refractivity contribution in [2.24, 2.45) is 0 Å². The molecule has 2 aromatic carbocycles. The van der Waals surface area contributed by atoms with Crippen LogP contribution in [-0.2, 0) is 9.59 Å². The number of aryl methyl sites for hydroxylation is 1. The fourth-order valence-corrected chi connectivity index (χ4v) is 4.47. The van der Waals surface area contributed by atoms with Crippen molar-refractivity contribution in [1.29, 1.82) is 0 Å². The van der Waals surface area contributed by atoms with Gasteiger partial charge in [-0.1, -0.05) is 48.0 Å². The van der Waals surface area contributed by atoms with E-state index >= 15 is 0 Å². The van der Waals surface area contributed by atoms with Gasteiger partial charge in [0.25, 0.3) is 11.8 Å². The largest absolute Gasteiger partial charge is 0.326 e. The Morgan fingerprint density at radius 1 is 1.03 bits per heavy atom. The molecule has 1 unspecified atom stereocenters. The Bertz CT molecular complexity index is 1010. The molecular formula is C26H28N2O3. The van der Waals surface area contributed by atoms with Crippen molar-refractivity contribution in [3.05, 3.63) is 77.4 Å². The summed E-state index contributed by atoms with van der Waals surface area (Å²) in [5, 5.41) is 0. The second kappa shape index (κ2) is 9.29. The van der Waals surface area contributed by atoms with Gasteiger partial charge >= 0.3 is 0 Å². The summed E-state index contributed by atoms with van der Waals surface area (Å²) in [6.07, 6.45) is 7.50. The lowest BCUT2D eigenvalue weighted by Gasteiger charge is -2.29. The van der Waals surface area contributed by atoms with Gasteiger partial charge in [-0.3, -0.25) is 14.4 Å². The van der Waals surface area contributed by atoms with E-state index in [1.54, 1.807) is 35.2 Å². The van der Waals surface area contributed by atoms with Crippen LogP contribution in [0.1, 0.15) is 54.4 Å². The van der Waals surface area contributed by atoms with Crippen LogP contribution in [0.15, 0.2) is 66.2 Å². The van der Waals surface area contributed by atoms with Crippen LogP contribution in [0.4, 0.5) is 5.69 Å². The second-order valence-corrected chi connectivity index (χ2v) is 8.29. The molecule has 5 nitrogen and oxygen atoms in total. The number of hydrogen-bond acceptors (Lipinski definition) is 3. The van der Waals surface area contributed by atoms with E-state index in [4.69, 9.17) is 0 Å². The zero-order valence-corrected chi connectivity index (χ0v) is 17.9. The van der Waals surface area contributed by atoms with E-state index in [1.165, 1.54) is 23.3 Å². The number of nitrogens with zero attached hydrogens (tertiary/aromatic N) is 2. The maximum atomic E-state index is 13.5. The summed E-state index contributed by atoms with van der Waals surface area (Å²) in [6.45, 7) is 2.33. The molecule has 31 heavy (non-hydrogen) atoms. The van der Waals surface area contributed by atoms with Crippen molar-refractivity contribution < 1.29 is 14.4 Å². The zero-order chi connectivity index (χ0) is 21.8. The van der Waals surface area contributed by atoms with E-state index < -0.39 is 6.04 Å². The van der Waals surface area contributed by atoms with Gasteiger partial charge in [0.2, 0.25) is 5.91 Å². The summed E-state index contributed by atoms with van der Waals surface area (Å²) in [5.41, 5.74) is 3.34. The fraction of sp³-hybridized carbons (Fsp3) is 0.346. The highest BCUT2D eigenvalue weighted by Gasteiger charge is 2.44. The molecule has 4 rings (SSSR count). The number of carbonyl (C=O) groups excluding carboxylic acids is 3. The molecule has 5 heteroatoms. The lowest BCUT2D eigenvalue weighted by molar-refractivity contribution is -0.122. The van der Waals surface area contributed by atoms with Crippen molar-refractivity contribution in [2.45, 2.75) is 51.5 Å². The van der Waals surface area contributed by atoms with Gasteiger partial charge in [0.05, 0.1) is 12.1 Å². The first-order valence-electron chi connectivity index (χ1n) is 11.0. The van der Waals surface area contributed by atoms with Crippen LogP contribution in [0.2, 0.25) is 0 Å². The van der Waals surface area contributed by atoms with E-state index in [1.807, 2.05) is 31.2 Å². The average molecular weight is 417 g/mol. The van der Waals surface area contributed by atoms with Gasteiger partial charge in [0.15, 0.2) is 0 Å². The molecule has 1 fully saturated rings. The number of rotatable bonds is 6. The molecule has 2 aliphatic rings. The van der Waals surface area contributed by atoms with Crippen LogP contribution < -0.4 is 4.90 Å². The van der Waals surface area contributed by atoms with Gasteiger partial charge in [-0.25, -0.2) is 4.90 Å².